The zero-order valence-electron chi connectivity index (χ0n) is 10.7. The van der Waals surface area contributed by atoms with Crippen LogP contribution in [0.5, 0.6) is 0 Å². The minimum Gasteiger partial charge on any atom is -0.393 e. The van der Waals surface area contributed by atoms with Gasteiger partial charge in [-0.05, 0) is 25.7 Å². The molecule has 2 aliphatic heterocycles. The fourth-order valence-corrected chi connectivity index (χ4v) is 5.28. The van der Waals surface area contributed by atoms with Crippen molar-refractivity contribution in [3.05, 3.63) is 6.20 Å². The van der Waals surface area contributed by atoms with E-state index in [1.54, 1.807) is 7.05 Å². The largest absolute Gasteiger partial charge is 0.393 e. The maximum atomic E-state index is 12.7. The third-order valence-corrected chi connectivity index (χ3v) is 6.04. The smallest absolute Gasteiger partial charge is 0.248 e. The molecule has 106 valence electrons. The highest BCUT2D eigenvalue weighted by molar-refractivity contribution is 7.89. The molecule has 8 heteroatoms. The molecule has 0 saturated carbocycles. The molecule has 0 aliphatic carbocycles. The number of aliphatic hydroxyl groups excluding tert-OH is 1. The van der Waals surface area contributed by atoms with Crippen LogP contribution in [-0.4, -0.2) is 45.8 Å². The summed E-state index contributed by atoms with van der Waals surface area (Å²) in [7, 11) is -1.97. The van der Waals surface area contributed by atoms with E-state index >= 15 is 0 Å². The molecule has 2 saturated heterocycles. The zero-order valence-corrected chi connectivity index (χ0v) is 11.5. The standard InChI is InChI=1S/C11H18N4O3S/c1-14-6-10(11(12)13-14)19(17,18)15-7-2-3-8(15)5-9(16)4-7/h6-9,16H,2-5H2,1H3,(H2,12,13). The Bertz CT molecular complexity index is 583. The van der Waals surface area contributed by atoms with Crippen LogP contribution in [-0.2, 0) is 17.1 Å². The van der Waals surface area contributed by atoms with Crippen molar-refractivity contribution in [2.24, 2.45) is 7.05 Å². The van der Waals surface area contributed by atoms with E-state index in [2.05, 4.69) is 5.10 Å². The van der Waals surface area contributed by atoms with Crippen LogP contribution < -0.4 is 5.73 Å². The Morgan fingerprint density at radius 2 is 1.95 bits per heavy atom. The Morgan fingerprint density at radius 3 is 2.42 bits per heavy atom. The summed E-state index contributed by atoms with van der Waals surface area (Å²) >= 11 is 0. The molecule has 7 nitrogen and oxygen atoms in total. The molecule has 0 spiro atoms. The lowest BCUT2D eigenvalue weighted by molar-refractivity contribution is 0.0769. The Hall–Kier alpha value is -1.12. The topological polar surface area (TPSA) is 101 Å². The summed E-state index contributed by atoms with van der Waals surface area (Å²) in [4.78, 5) is 0.0725. The number of fused-ring (bicyclic) bond motifs is 2. The molecule has 3 rings (SSSR count). The first-order chi connectivity index (χ1) is 8.89. The molecule has 0 aromatic carbocycles. The van der Waals surface area contributed by atoms with Crippen LogP contribution in [0.1, 0.15) is 25.7 Å². The SMILES string of the molecule is Cn1cc(S(=O)(=O)N2C3CCC2CC(O)C3)c(N)n1. The number of piperidine rings is 1. The molecule has 2 atom stereocenters. The predicted molar refractivity (Wildman–Crippen MR) is 68.7 cm³/mol. The van der Waals surface area contributed by atoms with Gasteiger partial charge in [0, 0.05) is 25.3 Å². The van der Waals surface area contributed by atoms with Crippen molar-refractivity contribution in [1.82, 2.24) is 14.1 Å². The molecule has 3 heterocycles. The molecule has 19 heavy (non-hydrogen) atoms. The summed E-state index contributed by atoms with van der Waals surface area (Å²) in [5, 5.41) is 13.6. The average molecular weight is 286 g/mol. The van der Waals surface area contributed by atoms with E-state index in [0.717, 1.165) is 12.8 Å². The molecule has 2 unspecified atom stereocenters. The van der Waals surface area contributed by atoms with E-state index in [1.165, 1.54) is 15.2 Å². The molecule has 2 fully saturated rings. The van der Waals surface area contributed by atoms with Crippen molar-refractivity contribution in [3.63, 3.8) is 0 Å². The number of aliphatic hydroxyl groups is 1. The normalized spacial score (nSPS) is 31.8. The van der Waals surface area contributed by atoms with E-state index in [9.17, 15) is 13.5 Å². The summed E-state index contributed by atoms with van der Waals surface area (Å²) in [5.74, 6) is 0.0352. The van der Waals surface area contributed by atoms with Crippen LogP contribution in [0.2, 0.25) is 0 Å². The fraction of sp³-hybridized carbons (Fsp3) is 0.727. The van der Waals surface area contributed by atoms with Crippen LogP contribution in [0, 0.1) is 0 Å². The van der Waals surface area contributed by atoms with Gasteiger partial charge in [-0.1, -0.05) is 0 Å². The summed E-state index contributed by atoms with van der Waals surface area (Å²) in [5.41, 5.74) is 5.69. The van der Waals surface area contributed by atoms with E-state index in [-0.39, 0.29) is 22.8 Å². The molecule has 0 radical (unpaired) electrons. The number of nitrogen functional groups attached to an aromatic ring is 1. The summed E-state index contributed by atoms with van der Waals surface area (Å²) in [6, 6.07) is -0.225. The maximum Gasteiger partial charge on any atom is 0.248 e. The molecule has 2 bridgehead atoms. The van der Waals surface area contributed by atoms with Crippen molar-refractivity contribution < 1.29 is 13.5 Å². The summed E-state index contributed by atoms with van der Waals surface area (Å²) < 4.78 is 28.3. The molecule has 1 aromatic rings. The van der Waals surface area contributed by atoms with Crippen LogP contribution in [0.25, 0.3) is 0 Å². The Kier molecular flexibility index (Phi) is 2.84. The highest BCUT2D eigenvalue weighted by Gasteiger charge is 2.47. The van der Waals surface area contributed by atoms with Crippen LogP contribution in [0.15, 0.2) is 11.1 Å². The monoisotopic (exact) mass is 286 g/mol. The van der Waals surface area contributed by atoms with Crippen molar-refractivity contribution >= 4 is 15.8 Å². The number of anilines is 1. The highest BCUT2D eigenvalue weighted by atomic mass is 32.2. The Balaban J connectivity index is 2.00. The van der Waals surface area contributed by atoms with Crippen molar-refractivity contribution in [3.8, 4) is 0 Å². The van der Waals surface area contributed by atoms with Gasteiger partial charge in [0.05, 0.1) is 6.10 Å². The fourth-order valence-electron chi connectivity index (χ4n) is 3.29. The highest BCUT2D eigenvalue weighted by Crippen LogP contribution is 2.40. The number of nitrogens with zero attached hydrogens (tertiary/aromatic N) is 3. The summed E-state index contributed by atoms with van der Waals surface area (Å²) in [6.45, 7) is 0. The van der Waals surface area contributed by atoms with Gasteiger partial charge < -0.3 is 10.8 Å². The Labute approximate surface area is 112 Å². The number of sulfonamides is 1. The molecular weight excluding hydrogens is 268 g/mol. The number of aromatic nitrogens is 2. The van der Waals surface area contributed by atoms with E-state index in [1.807, 2.05) is 0 Å². The maximum absolute atomic E-state index is 12.7. The zero-order chi connectivity index (χ0) is 13.8. The minimum atomic E-state index is -3.62. The van der Waals surface area contributed by atoms with Crippen molar-refractivity contribution in [2.45, 2.75) is 48.8 Å². The van der Waals surface area contributed by atoms with Crippen molar-refractivity contribution in [1.29, 1.82) is 0 Å². The Morgan fingerprint density at radius 1 is 1.37 bits per heavy atom. The van der Waals surface area contributed by atoms with Crippen LogP contribution in [0.3, 0.4) is 0 Å². The van der Waals surface area contributed by atoms with Gasteiger partial charge in [-0.15, -0.1) is 0 Å². The first kappa shape index (κ1) is 12.9. The minimum absolute atomic E-state index is 0.0352. The van der Waals surface area contributed by atoms with E-state index < -0.39 is 16.1 Å². The summed E-state index contributed by atoms with van der Waals surface area (Å²) in [6.07, 6.45) is 3.68. The van der Waals surface area contributed by atoms with Gasteiger partial charge >= 0.3 is 0 Å². The van der Waals surface area contributed by atoms with Crippen LogP contribution in [0.4, 0.5) is 5.82 Å². The molecule has 3 N–H and O–H groups in total. The molecule has 1 aromatic heterocycles. The number of nitrogens with two attached hydrogens (primary N) is 1. The lowest BCUT2D eigenvalue weighted by Crippen LogP contribution is -2.47. The third-order valence-electron chi connectivity index (χ3n) is 4.02. The lowest BCUT2D eigenvalue weighted by Gasteiger charge is -2.35. The first-order valence-electron chi connectivity index (χ1n) is 6.40. The second kappa shape index (κ2) is 4.19. The van der Waals surface area contributed by atoms with Crippen LogP contribution >= 0.6 is 0 Å². The number of aryl methyl sites for hydroxylation is 1. The van der Waals surface area contributed by atoms with E-state index in [4.69, 9.17) is 5.73 Å². The molecular formula is C11H18N4O3S. The molecule has 0 amide bonds. The first-order valence-corrected chi connectivity index (χ1v) is 7.84. The number of hydrogen-bond acceptors (Lipinski definition) is 5. The number of hydrogen-bond donors (Lipinski definition) is 2. The van der Waals surface area contributed by atoms with Gasteiger partial charge in [0.1, 0.15) is 4.90 Å². The quantitative estimate of drug-likeness (QED) is 0.776. The van der Waals surface area contributed by atoms with Gasteiger partial charge in [-0.2, -0.15) is 9.40 Å². The van der Waals surface area contributed by atoms with E-state index in [0.29, 0.717) is 12.8 Å². The third kappa shape index (κ3) is 1.94. The van der Waals surface area contributed by atoms with Gasteiger partial charge in [-0.3, -0.25) is 4.68 Å². The van der Waals surface area contributed by atoms with Gasteiger partial charge in [0.2, 0.25) is 10.0 Å². The average Bonchev–Trinajstić information content (AvgIpc) is 2.78. The van der Waals surface area contributed by atoms with Crippen molar-refractivity contribution in [2.75, 3.05) is 5.73 Å². The van der Waals surface area contributed by atoms with Gasteiger partial charge in [0.25, 0.3) is 0 Å². The van der Waals surface area contributed by atoms with Gasteiger partial charge in [0.15, 0.2) is 5.82 Å². The second-order valence-electron chi connectivity index (χ2n) is 5.40. The molecule has 2 aliphatic rings. The van der Waals surface area contributed by atoms with Gasteiger partial charge in [-0.25, -0.2) is 8.42 Å². The lowest BCUT2D eigenvalue weighted by atomic mass is 10.0. The second-order valence-corrected chi connectivity index (χ2v) is 7.21. The number of rotatable bonds is 2. The predicted octanol–water partition coefficient (Wildman–Crippen LogP) is -0.321.